The van der Waals surface area contributed by atoms with Crippen LogP contribution in [-0.4, -0.2) is 51.4 Å². The molecule has 5 nitrogen and oxygen atoms in total. The Morgan fingerprint density at radius 1 is 1.46 bits per heavy atom. The van der Waals surface area contributed by atoms with Crippen molar-refractivity contribution in [1.29, 1.82) is 0 Å². The molecule has 0 amide bonds. The number of aliphatic hydroxyl groups is 4. The van der Waals surface area contributed by atoms with Crippen molar-refractivity contribution in [3.8, 4) is 0 Å². The SMILES string of the molecule is OC[C@@H](O)C(O)C1CC(O)C=CO1. The standard InChI is InChI=1S/C8H14O5/c9-4-6(11)8(12)7-3-5(10)1-2-13-7/h1-2,5-12H,3-4H2/t5?,6-,7?,8?/m1/s1. The Bertz CT molecular complexity index is 181. The molecule has 0 bridgehead atoms. The number of hydrogen-bond acceptors (Lipinski definition) is 5. The van der Waals surface area contributed by atoms with Crippen molar-refractivity contribution in [2.45, 2.75) is 30.8 Å². The van der Waals surface area contributed by atoms with Crippen LogP contribution < -0.4 is 0 Å². The third kappa shape index (κ3) is 2.67. The van der Waals surface area contributed by atoms with Crippen molar-refractivity contribution in [2.75, 3.05) is 6.61 Å². The fourth-order valence-corrected chi connectivity index (χ4v) is 1.18. The molecule has 4 atom stereocenters. The summed E-state index contributed by atoms with van der Waals surface area (Å²) in [5, 5.41) is 36.2. The normalized spacial score (nSPS) is 32.3. The Labute approximate surface area is 75.9 Å². The maximum absolute atomic E-state index is 9.38. The molecule has 1 aliphatic rings. The van der Waals surface area contributed by atoms with E-state index in [1.165, 1.54) is 12.3 Å². The van der Waals surface area contributed by atoms with Gasteiger partial charge in [-0.15, -0.1) is 0 Å². The van der Waals surface area contributed by atoms with Crippen molar-refractivity contribution in [2.24, 2.45) is 0 Å². The first-order valence-electron chi connectivity index (χ1n) is 4.12. The molecule has 1 rings (SSSR count). The Morgan fingerprint density at radius 3 is 2.69 bits per heavy atom. The lowest BCUT2D eigenvalue weighted by Gasteiger charge is -2.28. The second-order valence-corrected chi connectivity index (χ2v) is 3.05. The molecule has 0 saturated carbocycles. The predicted molar refractivity (Wildman–Crippen MR) is 43.7 cm³/mol. The minimum atomic E-state index is -1.23. The van der Waals surface area contributed by atoms with Crippen LogP contribution in [0.5, 0.6) is 0 Å². The lowest BCUT2D eigenvalue weighted by atomic mass is 10.0. The summed E-state index contributed by atoms with van der Waals surface area (Å²) in [6.07, 6.45) is -0.787. The second-order valence-electron chi connectivity index (χ2n) is 3.05. The van der Waals surface area contributed by atoms with E-state index in [-0.39, 0.29) is 6.42 Å². The minimum Gasteiger partial charge on any atom is -0.495 e. The van der Waals surface area contributed by atoms with Crippen molar-refractivity contribution in [3.05, 3.63) is 12.3 Å². The Morgan fingerprint density at radius 2 is 2.15 bits per heavy atom. The highest BCUT2D eigenvalue weighted by molar-refractivity contribution is 4.93. The fraction of sp³-hybridized carbons (Fsp3) is 0.750. The largest absolute Gasteiger partial charge is 0.495 e. The number of hydrogen-bond donors (Lipinski definition) is 4. The van der Waals surface area contributed by atoms with Crippen LogP contribution in [0.25, 0.3) is 0 Å². The second kappa shape index (κ2) is 4.57. The maximum Gasteiger partial charge on any atom is 0.129 e. The van der Waals surface area contributed by atoms with Gasteiger partial charge in [0.25, 0.3) is 0 Å². The molecule has 0 saturated heterocycles. The van der Waals surface area contributed by atoms with Crippen LogP contribution in [-0.2, 0) is 4.74 Å². The lowest BCUT2D eigenvalue weighted by molar-refractivity contribution is -0.0944. The highest BCUT2D eigenvalue weighted by Crippen LogP contribution is 2.16. The summed E-state index contributed by atoms with van der Waals surface area (Å²) in [4.78, 5) is 0. The third-order valence-corrected chi connectivity index (χ3v) is 1.99. The summed E-state index contributed by atoms with van der Waals surface area (Å²) < 4.78 is 4.97. The van der Waals surface area contributed by atoms with Gasteiger partial charge in [-0.05, 0) is 6.08 Å². The van der Waals surface area contributed by atoms with Crippen LogP contribution in [0.1, 0.15) is 6.42 Å². The number of rotatable bonds is 3. The Hall–Kier alpha value is -0.620. The lowest BCUT2D eigenvalue weighted by Crippen LogP contribution is -2.42. The quantitative estimate of drug-likeness (QED) is 0.429. The molecule has 0 radical (unpaired) electrons. The van der Waals surface area contributed by atoms with Crippen LogP contribution in [0.4, 0.5) is 0 Å². The molecule has 0 fully saturated rings. The molecule has 4 N–H and O–H groups in total. The summed E-state index contributed by atoms with van der Waals surface area (Å²) in [6.45, 7) is -0.527. The first-order valence-corrected chi connectivity index (χ1v) is 4.12. The zero-order valence-electron chi connectivity index (χ0n) is 7.08. The smallest absolute Gasteiger partial charge is 0.129 e. The highest BCUT2D eigenvalue weighted by Gasteiger charge is 2.29. The van der Waals surface area contributed by atoms with E-state index in [9.17, 15) is 5.11 Å². The van der Waals surface area contributed by atoms with Gasteiger partial charge in [0.15, 0.2) is 0 Å². The first-order chi connectivity index (χ1) is 6.15. The van der Waals surface area contributed by atoms with E-state index < -0.39 is 31.0 Å². The zero-order chi connectivity index (χ0) is 9.84. The van der Waals surface area contributed by atoms with Crippen molar-refractivity contribution in [3.63, 3.8) is 0 Å². The van der Waals surface area contributed by atoms with E-state index in [0.29, 0.717) is 0 Å². The van der Waals surface area contributed by atoms with E-state index in [0.717, 1.165) is 0 Å². The molecule has 1 aliphatic heterocycles. The van der Waals surface area contributed by atoms with Gasteiger partial charge in [-0.25, -0.2) is 0 Å². The predicted octanol–water partition coefficient (Wildman–Crippen LogP) is -1.64. The van der Waals surface area contributed by atoms with Crippen molar-refractivity contribution < 1.29 is 25.2 Å². The van der Waals surface area contributed by atoms with E-state index >= 15 is 0 Å². The summed E-state index contributed by atoms with van der Waals surface area (Å²) in [5.74, 6) is 0. The molecule has 5 heteroatoms. The average molecular weight is 190 g/mol. The Kier molecular flexibility index (Phi) is 3.68. The molecule has 0 aliphatic carbocycles. The van der Waals surface area contributed by atoms with E-state index in [4.69, 9.17) is 20.1 Å². The van der Waals surface area contributed by atoms with Crippen molar-refractivity contribution in [1.82, 2.24) is 0 Å². The van der Waals surface area contributed by atoms with Gasteiger partial charge in [-0.1, -0.05) is 0 Å². The van der Waals surface area contributed by atoms with E-state index in [2.05, 4.69) is 0 Å². The van der Waals surface area contributed by atoms with Gasteiger partial charge in [0.05, 0.1) is 19.0 Å². The van der Waals surface area contributed by atoms with Gasteiger partial charge in [-0.2, -0.15) is 0 Å². The Balaban J connectivity index is 2.47. The third-order valence-electron chi connectivity index (χ3n) is 1.99. The molecule has 0 aromatic rings. The van der Waals surface area contributed by atoms with Crippen LogP contribution in [0.15, 0.2) is 12.3 Å². The number of ether oxygens (including phenoxy) is 1. The monoisotopic (exact) mass is 190 g/mol. The molecule has 13 heavy (non-hydrogen) atoms. The summed E-state index contributed by atoms with van der Waals surface area (Å²) >= 11 is 0. The van der Waals surface area contributed by atoms with Crippen LogP contribution in [0.2, 0.25) is 0 Å². The zero-order valence-corrected chi connectivity index (χ0v) is 7.08. The first kappa shape index (κ1) is 10.5. The van der Waals surface area contributed by atoms with Crippen LogP contribution in [0, 0.1) is 0 Å². The molecule has 0 aromatic heterocycles. The van der Waals surface area contributed by atoms with Crippen LogP contribution in [0.3, 0.4) is 0 Å². The van der Waals surface area contributed by atoms with E-state index in [1.807, 2.05) is 0 Å². The number of aliphatic hydroxyl groups excluding tert-OH is 4. The van der Waals surface area contributed by atoms with Crippen molar-refractivity contribution >= 4 is 0 Å². The van der Waals surface area contributed by atoms with E-state index in [1.54, 1.807) is 0 Å². The van der Waals surface area contributed by atoms with Gasteiger partial charge in [0, 0.05) is 6.42 Å². The molecule has 1 heterocycles. The highest BCUT2D eigenvalue weighted by atomic mass is 16.5. The summed E-state index contributed by atoms with van der Waals surface area (Å²) in [7, 11) is 0. The van der Waals surface area contributed by atoms with Gasteiger partial charge >= 0.3 is 0 Å². The molecule has 76 valence electrons. The maximum atomic E-state index is 9.38. The minimum absolute atomic E-state index is 0.217. The van der Waals surface area contributed by atoms with Gasteiger partial charge < -0.3 is 25.2 Å². The summed E-state index contributed by atoms with van der Waals surface area (Å²) in [6, 6.07) is 0. The molecule has 0 spiro atoms. The van der Waals surface area contributed by atoms with Gasteiger partial charge in [-0.3, -0.25) is 0 Å². The molecular formula is C8H14O5. The fourth-order valence-electron chi connectivity index (χ4n) is 1.18. The van der Waals surface area contributed by atoms with Gasteiger partial charge in [0.1, 0.15) is 18.3 Å². The van der Waals surface area contributed by atoms with Crippen LogP contribution >= 0.6 is 0 Å². The summed E-state index contributed by atoms with van der Waals surface area (Å²) in [5.41, 5.74) is 0. The van der Waals surface area contributed by atoms with Gasteiger partial charge in [0.2, 0.25) is 0 Å². The molecule has 3 unspecified atom stereocenters. The topological polar surface area (TPSA) is 90.2 Å². The average Bonchev–Trinajstić information content (AvgIpc) is 2.15. The molecule has 0 aromatic carbocycles. The molecular weight excluding hydrogens is 176 g/mol.